The Bertz CT molecular complexity index is 495. The molecule has 0 aliphatic heterocycles. The molecule has 1 heterocycles. The van der Waals surface area contributed by atoms with Gasteiger partial charge in [-0.25, -0.2) is 4.68 Å². The van der Waals surface area contributed by atoms with Gasteiger partial charge in [-0.2, -0.15) is 0 Å². The van der Waals surface area contributed by atoms with Gasteiger partial charge in [-0.1, -0.05) is 28.4 Å². The van der Waals surface area contributed by atoms with Gasteiger partial charge < -0.3 is 5.73 Å². The third kappa shape index (κ3) is 2.35. The molecule has 0 saturated heterocycles. The number of nitrogens with two attached hydrogens (primary N) is 1. The summed E-state index contributed by atoms with van der Waals surface area (Å²) in [6.45, 7) is 0.544. The van der Waals surface area contributed by atoms with Crippen LogP contribution >= 0.6 is 23.2 Å². The van der Waals surface area contributed by atoms with E-state index in [1.54, 1.807) is 29.1 Å². The molecule has 0 fully saturated rings. The van der Waals surface area contributed by atoms with Crippen LogP contribution in [0.25, 0.3) is 5.69 Å². The smallest absolute Gasteiger partial charge is 0.0864 e. The van der Waals surface area contributed by atoms with Crippen LogP contribution in [-0.2, 0) is 6.42 Å². The zero-order valence-corrected chi connectivity index (χ0v) is 9.91. The molecule has 2 aromatic rings. The van der Waals surface area contributed by atoms with Gasteiger partial charge in [0.2, 0.25) is 0 Å². The van der Waals surface area contributed by atoms with E-state index in [-0.39, 0.29) is 0 Å². The number of hydrogen-bond donors (Lipinski definition) is 1. The van der Waals surface area contributed by atoms with Crippen molar-refractivity contribution in [3.63, 3.8) is 0 Å². The molecular weight excluding hydrogens is 247 g/mol. The van der Waals surface area contributed by atoms with Crippen molar-refractivity contribution in [3.05, 3.63) is 40.1 Å². The Hall–Kier alpha value is -1.10. The average molecular weight is 257 g/mol. The van der Waals surface area contributed by atoms with Gasteiger partial charge in [0.1, 0.15) is 0 Å². The molecule has 0 saturated carbocycles. The minimum Gasteiger partial charge on any atom is -0.330 e. The molecule has 2 N–H and O–H groups in total. The summed E-state index contributed by atoms with van der Waals surface area (Å²) in [6, 6.07) is 5.19. The monoisotopic (exact) mass is 256 g/mol. The summed E-state index contributed by atoms with van der Waals surface area (Å²) >= 11 is 11.9. The molecule has 0 bridgehead atoms. The third-order valence-corrected chi connectivity index (χ3v) is 2.65. The molecule has 2 rings (SSSR count). The van der Waals surface area contributed by atoms with E-state index in [9.17, 15) is 0 Å². The summed E-state index contributed by atoms with van der Waals surface area (Å²) in [5.41, 5.74) is 6.98. The first-order valence-electron chi connectivity index (χ1n) is 4.77. The summed E-state index contributed by atoms with van der Waals surface area (Å²) in [7, 11) is 0. The maximum absolute atomic E-state index is 6.05. The highest BCUT2D eigenvalue weighted by atomic mass is 35.5. The molecular formula is C10H10Cl2N4. The van der Waals surface area contributed by atoms with Crippen molar-refractivity contribution in [3.8, 4) is 5.69 Å². The van der Waals surface area contributed by atoms with E-state index in [1.807, 2.05) is 0 Å². The quantitative estimate of drug-likeness (QED) is 0.915. The van der Waals surface area contributed by atoms with Gasteiger partial charge in [0.15, 0.2) is 0 Å². The number of benzene rings is 1. The number of nitrogens with zero attached hydrogens (tertiary/aromatic N) is 3. The highest BCUT2D eigenvalue weighted by molar-refractivity contribution is 6.34. The largest absolute Gasteiger partial charge is 0.330 e. The van der Waals surface area contributed by atoms with Gasteiger partial charge >= 0.3 is 0 Å². The van der Waals surface area contributed by atoms with Crippen molar-refractivity contribution >= 4 is 23.2 Å². The van der Waals surface area contributed by atoms with Crippen LogP contribution in [-0.4, -0.2) is 21.5 Å². The molecule has 0 spiro atoms. The van der Waals surface area contributed by atoms with Gasteiger partial charge in [0, 0.05) is 11.4 Å². The summed E-state index contributed by atoms with van der Waals surface area (Å²) in [5, 5.41) is 9.14. The normalized spacial score (nSPS) is 10.7. The van der Waals surface area contributed by atoms with E-state index in [1.165, 1.54) is 0 Å². The number of aromatic nitrogens is 3. The second-order valence-electron chi connectivity index (χ2n) is 3.29. The predicted octanol–water partition coefficient (Wildman–Crippen LogP) is 2.08. The summed E-state index contributed by atoms with van der Waals surface area (Å²) in [4.78, 5) is 0. The molecule has 0 aliphatic carbocycles. The maximum Gasteiger partial charge on any atom is 0.0864 e. The van der Waals surface area contributed by atoms with Gasteiger partial charge in [0.05, 0.1) is 22.6 Å². The van der Waals surface area contributed by atoms with E-state index >= 15 is 0 Å². The van der Waals surface area contributed by atoms with E-state index < -0.39 is 0 Å². The van der Waals surface area contributed by atoms with Crippen LogP contribution in [0, 0.1) is 0 Å². The van der Waals surface area contributed by atoms with Crippen LogP contribution < -0.4 is 5.73 Å². The minimum absolute atomic E-state index is 0.544. The van der Waals surface area contributed by atoms with E-state index in [0.29, 0.717) is 28.7 Å². The first-order chi connectivity index (χ1) is 7.70. The van der Waals surface area contributed by atoms with Crippen LogP contribution in [0.3, 0.4) is 0 Å². The highest BCUT2D eigenvalue weighted by Crippen LogP contribution is 2.23. The van der Waals surface area contributed by atoms with Crippen molar-refractivity contribution in [2.75, 3.05) is 6.54 Å². The standard InChI is InChI=1S/C10H10Cl2N4/c11-7-1-2-9(12)10(5-7)16-6-8(3-4-13)14-15-16/h1-2,5-6H,3-4,13H2. The summed E-state index contributed by atoms with van der Waals surface area (Å²) < 4.78 is 1.60. The fourth-order valence-electron chi connectivity index (χ4n) is 1.34. The lowest BCUT2D eigenvalue weighted by Gasteiger charge is -2.02. The first-order valence-corrected chi connectivity index (χ1v) is 5.53. The van der Waals surface area contributed by atoms with Crippen LogP contribution in [0.5, 0.6) is 0 Å². The van der Waals surface area contributed by atoms with Crippen molar-refractivity contribution < 1.29 is 0 Å². The third-order valence-electron chi connectivity index (χ3n) is 2.10. The number of rotatable bonds is 3. The van der Waals surface area contributed by atoms with Crippen molar-refractivity contribution in [1.29, 1.82) is 0 Å². The fraction of sp³-hybridized carbons (Fsp3) is 0.200. The zero-order valence-electron chi connectivity index (χ0n) is 8.40. The zero-order chi connectivity index (χ0) is 11.5. The fourth-order valence-corrected chi connectivity index (χ4v) is 1.71. The summed E-state index contributed by atoms with van der Waals surface area (Å²) in [6.07, 6.45) is 2.49. The van der Waals surface area contributed by atoms with E-state index in [2.05, 4.69) is 10.3 Å². The molecule has 84 valence electrons. The molecule has 0 atom stereocenters. The molecule has 0 amide bonds. The van der Waals surface area contributed by atoms with Crippen LogP contribution in [0.2, 0.25) is 10.0 Å². The lowest BCUT2D eigenvalue weighted by atomic mass is 10.3. The number of halogens is 2. The van der Waals surface area contributed by atoms with Crippen LogP contribution in [0.1, 0.15) is 5.69 Å². The Morgan fingerprint density at radius 3 is 2.88 bits per heavy atom. The Balaban J connectivity index is 2.38. The minimum atomic E-state index is 0.544. The SMILES string of the molecule is NCCc1cn(-c2cc(Cl)ccc2Cl)nn1. The first kappa shape index (κ1) is 11.4. The van der Waals surface area contributed by atoms with Crippen LogP contribution in [0.4, 0.5) is 0 Å². The van der Waals surface area contributed by atoms with Gasteiger partial charge in [-0.3, -0.25) is 0 Å². The maximum atomic E-state index is 6.05. The van der Waals surface area contributed by atoms with Crippen LogP contribution in [0.15, 0.2) is 24.4 Å². The Kier molecular flexibility index (Phi) is 3.43. The predicted molar refractivity (Wildman–Crippen MR) is 64.1 cm³/mol. The van der Waals surface area contributed by atoms with Gasteiger partial charge in [0.25, 0.3) is 0 Å². The van der Waals surface area contributed by atoms with Crippen molar-refractivity contribution in [2.24, 2.45) is 5.73 Å². The highest BCUT2D eigenvalue weighted by Gasteiger charge is 2.06. The lowest BCUT2D eigenvalue weighted by molar-refractivity contribution is 0.795. The number of hydrogen-bond acceptors (Lipinski definition) is 3. The molecule has 0 aliphatic rings. The molecule has 16 heavy (non-hydrogen) atoms. The van der Waals surface area contributed by atoms with Crippen molar-refractivity contribution in [1.82, 2.24) is 15.0 Å². The molecule has 0 radical (unpaired) electrons. The second-order valence-corrected chi connectivity index (χ2v) is 4.13. The Labute approximate surface area is 103 Å². The molecule has 6 heteroatoms. The Morgan fingerprint density at radius 1 is 1.31 bits per heavy atom. The van der Waals surface area contributed by atoms with Crippen molar-refractivity contribution in [2.45, 2.75) is 6.42 Å². The molecule has 1 aromatic heterocycles. The molecule has 0 unspecified atom stereocenters. The Morgan fingerprint density at radius 2 is 2.12 bits per heavy atom. The van der Waals surface area contributed by atoms with E-state index in [4.69, 9.17) is 28.9 Å². The summed E-state index contributed by atoms with van der Waals surface area (Å²) in [5.74, 6) is 0. The van der Waals surface area contributed by atoms with Gasteiger partial charge in [-0.15, -0.1) is 5.10 Å². The average Bonchev–Trinajstić information content (AvgIpc) is 2.71. The topological polar surface area (TPSA) is 56.7 Å². The van der Waals surface area contributed by atoms with Gasteiger partial charge in [-0.05, 0) is 24.7 Å². The second kappa shape index (κ2) is 4.82. The molecule has 1 aromatic carbocycles. The lowest BCUT2D eigenvalue weighted by Crippen LogP contribution is -2.02. The molecule has 4 nitrogen and oxygen atoms in total. The van der Waals surface area contributed by atoms with E-state index in [0.717, 1.165) is 5.69 Å².